The molecule has 4 fully saturated rings. The molecule has 1 amide bonds. The van der Waals surface area contributed by atoms with Gasteiger partial charge in [-0.25, -0.2) is 4.98 Å². The summed E-state index contributed by atoms with van der Waals surface area (Å²) in [6, 6.07) is 5.99. The number of aliphatic hydroxyl groups is 1. The molecule has 0 unspecified atom stereocenters. The van der Waals surface area contributed by atoms with E-state index in [4.69, 9.17) is 21.1 Å². The van der Waals surface area contributed by atoms with E-state index in [1.54, 1.807) is 6.20 Å². The van der Waals surface area contributed by atoms with Crippen LogP contribution in [-0.4, -0.2) is 84.6 Å². The summed E-state index contributed by atoms with van der Waals surface area (Å²) in [4.78, 5) is 22.4. The number of aromatic nitrogens is 1. The van der Waals surface area contributed by atoms with Gasteiger partial charge in [-0.15, -0.1) is 0 Å². The van der Waals surface area contributed by atoms with Crippen molar-refractivity contribution in [3.05, 3.63) is 29.4 Å². The molecule has 2 aromatic rings. The molecule has 5 atom stereocenters. The van der Waals surface area contributed by atoms with Crippen LogP contribution >= 0.6 is 11.6 Å². The van der Waals surface area contributed by atoms with Crippen LogP contribution in [0.2, 0.25) is 5.02 Å². The van der Waals surface area contributed by atoms with Gasteiger partial charge >= 0.3 is 0 Å². The lowest BCUT2D eigenvalue weighted by Crippen LogP contribution is -2.60. The van der Waals surface area contributed by atoms with Crippen molar-refractivity contribution in [1.29, 1.82) is 0 Å². The summed E-state index contributed by atoms with van der Waals surface area (Å²) in [5, 5.41) is 16.1. The first kappa shape index (κ1) is 26.3. The van der Waals surface area contributed by atoms with E-state index in [-0.39, 0.29) is 34.8 Å². The van der Waals surface area contributed by atoms with Gasteiger partial charge in [0.1, 0.15) is 5.82 Å². The maximum Gasteiger partial charge on any atom is 0.229 e. The van der Waals surface area contributed by atoms with Gasteiger partial charge in [-0.3, -0.25) is 9.69 Å². The highest BCUT2D eigenvalue weighted by molar-refractivity contribution is 6.34. The Morgan fingerprint density at radius 2 is 1.92 bits per heavy atom. The van der Waals surface area contributed by atoms with Crippen LogP contribution in [0.1, 0.15) is 40.0 Å². The lowest BCUT2D eigenvalue weighted by Gasteiger charge is -2.45. The van der Waals surface area contributed by atoms with Crippen molar-refractivity contribution in [3.8, 4) is 0 Å². The van der Waals surface area contributed by atoms with Gasteiger partial charge in [0.2, 0.25) is 5.91 Å². The third kappa shape index (κ3) is 4.58. The van der Waals surface area contributed by atoms with Gasteiger partial charge in [0.05, 0.1) is 41.7 Å². The van der Waals surface area contributed by atoms with Crippen LogP contribution in [0, 0.1) is 17.3 Å². The first-order valence-electron chi connectivity index (χ1n) is 14.0. The fourth-order valence-electron chi connectivity index (χ4n) is 7.00. The SMILES string of the molecule is CC1(C)[C@H]([C@@H]2CCCCO2)[C@H]1C(=O)Nc1cc2cc(N3CCN([C@]4(C)COC[C@@H]4O)CC3)c(Cl)cc2cn1. The number of benzene rings is 1. The normalized spacial score (nSPS) is 33.4. The molecule has 38 heavy (non-hydrogen) atoms. The van der Waals surface area contributed by atoms with Crippen molar-refractivity contribution in [2.45, 2.75) is 57.8 Å². The van der Waals surface area contributed by atoms with Gasteiger partial charge in [-0.2, -0.15) is 0 Å². The second-order valence-corrected chi connectivity index (χ2v) is 12.7. The number of nitrogens with one attached hydrogen (secondary N) is 1. The van der Waals surface area contributed by atoms with Crippen LogP contribution in [0.4, 0.5) is 11.5 Å². The number of pyridine rings is 1. The molecule has 2 N–H and O–H groups in total. The smallest absolute Gasteiger partial charge is 0.229 e. The Bertz CT molecular complexity index is 1210. The average Bonchev–Trinajstić information content (AvgIpc) is 3.34. The third-order valence-electron chi connectivity index (χ3n) is 9.58. The van der Waals surface area contributed by atoms with Gasteiger partial charge in [0, 0.05) is 56.2 Å². The Morgan fingerprint density at radius 1 is 1.13 bits per heavy atom. The largest absolute Gasteiger partial charge is 0.389 e. The van der Waals surface area contributed by atoms with Crippen LogP contribution in [0.25, 0.3) is 10.8 Å². The maximum absolute atomic E-state index is 13.3. The van der Waals surface area contributed by atoms with E-state index in [9.17, 15) is 9.90 Å². The number of aliphatic hydroxyl groups excluding tert-OH is 1. The first-order chi connectivity index (χ1) is 18.2. The highest BCUT2D eigenvalue weighted by Gasteiger charge is 2.64. The van der Waals surface area contributed by atoms with Crippen molar-refractivity contribution in [3.63, 3.8) is 0 Å². The first-order valence-corrected chi connectivity index (χ1v) is 14.3. The summed E-state index contributed by atoms with van der Waals surface area (Å²) in [7, 11) is 0. The minimum atomic E-state index is -0.467. The quantitative estimate of drug-likeness (QED) is 0.592. The van der Waals surface area contributed by atoms with Crippen LogP contribution in [0.15, 0.2) is 24.4 Å². The fourth-order valence-corrected chi connectivity index (χ4v) is 7.29. The van der Waals surface area contributed by atoms with Crippen molar-refractivity contribution < 1.29 is 19.4 Å². The lowest BCUT2D eigenvalue weighted by molar-refractivity contribution is -0.118. The molecule has 6 rings (SSSR count). The Hall–Kier alpha value is -1.97. The Balaban J connectivity index is 1.15. The predicted molar refractivity (Wildman–Crippen MR) is 149 cm³/mol. The van der Waals surface area contributed by atoms with E-state index in [1.165, 1.54) is 6.42 Å². The highest BCUT2D eigenvalue weighted by Crippen LogP contribution is 2.61. The van der Waals surface area contributed by atoms with Crippen molar-refractivity contribution in [2.24, 2.45) is 17.3 Å². The maximum atomic E-state index is 13.3. The summed E-state index contributed by atoms with van der Waals surface area (Å²) >= 11 is 6.72. The van der Waals surface area contributed by atoms with E-state index in [2.05, 4.69) is 46.9 Å². The molecule has 4 aliphatic rings. The molecule has 1 aliphatic carbocycles. The monoisotopic (exact) mass is 542 g/mol. The third-order valence-corrected chi connectivity index (χ3v) is 9.88. The standard InChI is InChI=1S/C29H39ClN4O4/c1-28(2)25(22-6-4-5-11-38-22)26(28)27(36)32-24-14-18-13-21(20(30)12-19(18)15-31-24)33-7-9-34(10-8-33)29(3)17-37-16-23(29)35/h12-15,22-23,25-26,35H,4-11,16-17H2,1-3H3,(H,31,32,36)/t22-,23-,25+,26-,29+/m0/s1. The number of carbonyl (C=O) groups is 1. The number of piperazine rings is 1. The molecule has 206 valence electrons. The molecular weight excluding hydrogens is 504 g/mol. The molecule has 1 aromatic carbocycles. The van der Waals surface area contributed by atoms with Crippen LogP contribution in [-0.2, 0) is 14.3 Å². The lowest BCUT2D eigenvalue weighted by atomic mass is 9.95. The zero-order chi connectivity index (χ0) is 26.7. The summed E-state index contributed by atoms with van der Waals surface area (Å²) in [5.41, 5.74) is 0.577. The summed E-state index contributed by atoms with van der Waals surface area (Å²) < 4.78 is 11.6. The van der Waals surface area contributed by atoms with E-state index in [0.717, 1.165) is 62.1 Å². The topological polar surface area (TPSA) is 87.2 Å². The number of nitrogens with zero attached hydrogens (tertiary/aromatic N) is 3. The molecule has 8 nitrogen and oxygen atoms in total. The van der Waals surface area contributed by atoms with Crippen LogP contribution < -0.4 is 10.2 Å². The number of hydrogen-bond acceptors (Lipinski definition) is 7. The minimum Gasteiger partial charge on any atom is -0.389 e. The van der Waals surface area contributed by atoms with Gasteiger partial charge in [-0.05, 0) is 55.2 Å². The average molecular weight is 543 g/mol. The highest BCUT2D eigenvalue weighted by atomic mass is 35.5. The molecule has 0 spiro atoms. The molecule has 1 saturated carbocycles. The number of halogens is 1. The molecule has 0 radical (unpaired) electrons. The second-order valence-electron chi connectivity index (χ2n) is 12.3. The zero-order valence-corrected chi connectivity index (χ0v) is 23.3. The van der Waals surface area contributed by atoms with Crippen LogP contribution in [0.3, 0.4) is 0 Å². The Labute approximate surface area is 229 Å². The number of hydrogen-bond donors (Lipinski definition) is 2. The molecule has 4 heterocycles. The summed E-state index contributed by atoms with van der Waals surface area (Å²) in [6.45, 7) is 11.4. The Morgan fingerprint density at radius 3 is 2.61 bits per heavy atom. The van der Waals surface area contributed by atoms with E-state index < -0.39 is 6.10 Å². The zero-order valence-electron chi connectivity index (χ0n) is 22.6. The second kappa shape index (κ2) is 9.89. The van der Waals surface area contributed by atoms with Gasteiger partial charge in [-0.1, -0.05) is 25.4 Å². The fraction of sp³-hybridized carbons (Fsp3) is 0.655. The Kier molecular flexibility index (Phi) is 6.84. The molecule has 1 aromatic heterocycles. The van der Waals surface area contributed by atoms with E-state index >= 15 is 0 Å². The molecule has 9 heteroatoms. The van der Waals surface area contributed by atoms with Gasteiger partial charge in [0.25, 0.3) is 0 Å². The van der Waals surface area contributed by atoms with Gasteiger partial charge < -0.3 is 24.8 Å². The van der Waals surface area contributed by atoms with Gasteiger partial charge in [0.15, 0.2) is 0 Å². The molecule has 3 saturated heterocycles. The van der Waals surface area contributed by atoms with E-state index in [0.29, 0.717) is 24.1 Å². The van der Waals surface area contributed by atoms with Crippen LogP contribution in [0.5, 0.6) is 0 Å². The number of fused-ring (bicyclic) bond motifs is 1. The molecule has 3 aliphatic heterocycles. The minimum absolute atomic E-state index is 0.0258. The number of amides is 1. The summed E-state index contributed by atoms with van der Waals surface area (Å²) in [6.07, 6.45) is 4.81. The summed E-state index contributed by atoms with van der Waals surface area (Å²) in [5.74, 6) is 0.782. The number of carbonyl (C=O) groups excluding carboxylic acids is 1. The number of ether oxygens (including phenoxy) is 2. The van der Waals surface area contributed by atoms with Crippen molar-refractivity contribution >= 4 is 39.8 Å². The molecule has 0 bridgehead atoms. The van der Waals surface area contributed by atoms with E-state index in [1.807, 2.05) is 12.1 Å². The molecular formula is C29H39ClN4O4. The van der Waals surface area contributed by atoms with Crippen molar-refractivity contribution in [2.75, 3.05) is 56.2 Å². The van der Waals surface area contributed by atoms with Crippen molar-refractivity contribution in [1.82, 2.24) is 9.88 Å². The predicted octanol–water partition coefficient (Wildman–Crippen LogP) is 3.94. The number of rotatable bonds is 5. The number of anilines is 2.